The number of hydrogen-bond donors (Lipinski definition) is 3. The lowest BCUT2D eigenvalue weighted by Gasteiger charge is -2.25. The molecular formula is C7H15N3O. The van der Waals surface area contributed by atoms with Crippen molar-refractivity contribution in [2.75, 3.05) is 6.54 Å². The van der Waals surface area contributed by atoms with Crippen LogP contribution in [0.15, 0.2) is 0 Å². The van der Waals surface area contributed by atoms with Crippen molar-refractivity contribution in [2.24, 2.45) is 11.8 Å². The maximum Gasteiger partial charge on any atom is 0.238 e. The SMILES string of the molecule is CC1CCC(C(=O)NN)CN1. The highest BCUT2D eigenvalue weighted by atomic mass is 16.2. The molecule has 64 valence electrons. The van der Waals surface area contributed by atoms with Crippen LogP contribution in [0.2, 0.25) is 0 Å². The van der Waals surface area contributed by atoms with Crippen molar-refractivity contribution in [3.05, 3.63) is 0 Å². The normalized spacial score (nSPS) is 31.5. The second-order valence-corrected chi connectivity index (χ2v) is 3.09. The summed E-state index contributed by atoms with van der Waals surface area (Å²) in [6, 6.07) is 0.539. The van der Waals surface area contributed by atoms with Crippen molar-refractivity contribution in [3.8, 4) is 0 Å². The number of carbonyl (C=O) groups is 1. The van der Waals surface area contributed by atoms with Gasteiger partial charge in [0.1, 0.15) is 0 Å². The molecule has 0 aliphatic carbocycles. The number of carbonyl (C=O) groups excluding carboxylic acids is 1. The van der Waals surface area contributed by atoms with Gasteiger partial charge in [-0.05, 0) is 19.8 Å². The van der Waals surface area contributed by atoms with E-state index in [0.717, 1.165) is 19.4 Å². The Balaban J connectivity index is 2.33. The van der Waals surface area contributed by atoms with Gasteiger partial charge in [0.15, 0.2) is 0 Å². The van der Waals surface area contributed by atoms with E-state index in [1.165, 1.54) is 0 Å². The van der Waals surface area contributed by atoms with Crippen molar-refractivity contribution in [1.82, 2.24) is 10.7 Å². The van der Waals surface area contributed by atoms with Crippen LogP contribution in [0, 0.1) is 5.92 Å². The van der Waals surface area contributed by atoms with E-state index in [1.54, 1.807) is 0 Å². The summed E-state index contributed by atoms with van der Waals surface area (Å²) >= 11 is 0. The largest absolute Gasteiger partial charge is 0.313 e. The molecule has 1 rings (SSSR count). The first-order valence-corrected chi connectivity index (χ1v) is 3.98. The molecule has 2 atom stereocenters. The quantitative estimate of drug-likeness (QED) is 0.269. The Morgan fingerprint density at radius 1 is 1.64 bits per heavy atom. The lowest BCUT2D eigenvalue weighted by atomic mass is 9.95. The van der Waals surface area contributed by atoms with Gasteiger partial charge in [-0.25, -0.2) is 5.84 Å². The first-order valence-electron chi connectivity index (χ1n) is 3.98. The molecular weight excluding hydrogens is 142 g/mol. The number of hydrogen-bond acceptors (Lipinski definition) is 3. The fraction of sp³-hybridized carbons (Fsp3) is 0.857. The van der Waals surface area contributed by atoms with Crippen LogP contribution in [0.3, 0.4) is 0 Å². The molecule has 0 aromatic heterocycles. The molecule has 1 fully saturated rings. The third kappa shape index (κ3) is 2.17. The molecule has 4 nitrogen and oxygen atoms in total. The highest BCUT2D eigenvalue weighted by Gasteiger charge is 2.22. The molecule has 0 saturated carbocycles. The topological polar surface area (TPSA) is 67.2 Å². The van der Waals surface area contributed by atoms with Gasteiger partial charge in [-0.1, -0.05) is 0 Å². The zero-order valence-corrected chi connectivity index (χ0v) is 6.76. The second-order valence-electron chi connectivity index (χ2n) is 3.09. The maximum atomic E-state index is 11.0. The predicted octanol–water partition coefficient (Wildman–Crippen LogP) is -0.636. The molecule has 1 amide bonds. The van der Waals surface area contributed by atoms with Gasteiger partial charge in [0.05, 0.1) is 5.92 Å². The summed E-state index contributed by atoms with van der Waals surface area (Å²) < 4.78 is 0. The molecule has 0 aromatic carbocycles. The first-order chi connectivity index (χ1) is 5.24. The van der Waals surface area contributed by atoms with Gasteiger partial charge in [0.25, 0.3) is 0 Å². The number of piperidine rings is 1. The number of hydrazine groups is 1. The Hall–Kier alpha value is -0.610. The molecule has 1 aliphatic heterocycles. The summed E-state index contributed by atoms with van der Waals surface area (Å²) in [5, 5.41) is 3.23. The molecule has 1 saturated heterocycles. The van der Waals surface area contributed by atoms with Crippen molar-refractivity contribution < 1.29 is 4.79 Å². The summed E-state index contributed by atoms with van der Waals surface area (Å²) in [7, 11) is 0. The molecule has 0 radical (unpaired) electrons. The fourth-order valence-electron chi connectivity index (χ4n) is 1.34. The maximum absolute atomic E-state index is 11.0. The van der Waals surface area contributed by atoms with Crippen LogP contribution >= 0.6 is 0 Å². The van der Waals surface area contributed by atoms with E-state index in [4.69, 9.17) is 5.84 Å². The van der Waals surface area contributed by atoms with Crippen LogP contribution in [0.1, 0.15) is 19.8 Å². The van der Waals surface area contributed by atoms with Crippen molar-refractivity contribution in [2.45, 2.75) is 25.8 Å². The number of nitrogens with one attached hydrogen (secondary N) is 2. The Bertz CT molecular complexity index is 141. The van der Waals surface area contributed by atoms with Crippen LogP contribution < -0.4 is 16.6 Å². The Morgan fingerprint density at radius 3 is 2.82 bits per heavy atom. The van der Waals surface area contributed by atoms with Gasteiger partial charge in [0, 0.05) is 12.6 Å². The van der Waals surface area contributed by atoms with E-state index >= 15 is 0 Å². The van der Waals surface area contributed by atoms with E-state index in [1.807, 2.05) is 0 Å². The number of nitrogens with two attached hydrogens (primary N) is 1. The van der Waals surface area contributed by atoms with Gasteiger partial charge in [-0.2, -0.15) is 0 Å². The summed E-state index contributed by atoms with van der Waals surface area (Å²) in [6.45, 7) is 2.88. The first kappa shape index (κ1) is 8.49. The monoisotopic (exact) mass is 157 g/mol. The molecule has 4 heteroatoms. The molecule has 1 heterocycles. The van der Waals surface area contributed by atoms with E-state index < -0.39 is 0 Å². The second kappa shape index (κ2) is 3.69. The highest BCUT2D eigenvalue weighted by Crippen LogP contribution is 2.13. The standard InChI is InChI=1S/C7H15N3O/c1-5-2-3-6(4-9-5)7(11)10-8/h5-6,9H,2-4,8H2,1H3,(H,10,11). The van der Waals surface area contributed by atoms with Crippen LogP contribution in [-0.4, -0.2) is 18.5 Å². The minimum atomic E-state index is -0.0515. The van der Waals surface area contributed by atoms with E-state index in [2.05, 4.69) is 17.7 Å². The number of rotatable bonds is 1. The molecule has 0 spiro atoms. The average Bonchev–Trinajstić information content (AvgIpc) is 2.05. The molecule has 0 aromatic rings. The van der Waals surface area contributed by atoms with Gasteiger partial charge in [-0.15, -0.1) is 0 Å². The average molecular weight is 157 g/mol. The van der Waals surface area contributed by atoms with E-state index in [0.29, 0.717) is 6.04 Å². The summed E-state index contributed by atoms with van der Waals surface area (Å²) in [5.74, 6) is 5.02. The minimum absolute atomic E-state index is 0.0515. The van der Waals surface area contributed by atoms with Crippen molar-refractivity contribution in [1.29, 1.82) is 0 Å². The highest BCUT2D eigenvalue weighted by molar-refractivity contribution is 5.78. The lowest BCUT2D eigenvalue weighted by Crippen LogP contribution is -2.45. The predicted molar refractivity (Wildman–Crippen MR) is 42.5 cm³/mol. The summed E-state index contributed by atoms with van der Waals surface area (Å²) in [6.07, 6.45) is 2.00. The van der Waals surface area contributed by atoms with E-state index in [-0.39, 0.29) is 11.8 Å². The van der Waals surface area contributed by atoms with Gasteiger partial charge < -0.3 is 5.32 Å². The third-order valence-electron chi connectivity index (χ3n) is 2.17. The summed E-state index contributed by atoms with van der Waals surface area (Å²) in [4.78, 5) is 11.0. The zero-order valence-electron chi connectivity index (χ0n) is 6.76. The van der Waals surface area contributed by atoms with Gasteiger partial charge in [0.2, 0.25) is 5.91 Å². The van der Waals surface area contributed by atoms with Crippen LogP contribution in [0.4, 0.5) is 0 Å². The summed E-state index contributed by atoms with van der Waals surface area (Å²) in [5.41, 5.74) is 2.17. The smallest absolute Gasteiger partial charge is 0.238 e. The van der Waals surface area contributed by atoms with Crippen molar-refractivity contribution in [3.63, 3.8) is 0 Å². The molecule has 4 N–H and O–H groups in total. The Morgan fingerprint density at radius 2 is 2.36 bits per heavy atom. The molecule has 2 unspecified atom stereocenters. The molecule has 11 heavy (non-hydrogen) atoms. The fourth-order valence-corrected chi connectivity index (χ4v) is 1.34. The van der Waals surface area contributed by atoms with Crippen LogP contribution in [0.25, 0.3) is 0 Å². The van der Waals surface area contributed by atoms with Crippen LogP contribution in [-0.2, 0) is 4.79 Å². The zero-order chi connectivity index (χ0) is 8.27. The minimum Gasteiger partial charge on any atom is -0.313 e. The third-order valence-corrected chi connectivity index (χ3v) is 2.17. The van der Waals surface area contributed by atoms with Gasteiger partial charge in [-0.3, -0.25) is 10.2 Å². The Kier molecular flexibility index (Phi) is 2.84. The Labute approximate surface area is 66.5 Å². The molecule has 0 bridgehead atoms. The van der Waals surface area contributed by atoms with Crippen molar-refractivity contribution >= 4 is 5.91 Å². The molecule has 1 aliphatic rings. The number of amides is 1. The van der Waals surface area contributed by atoms with Gasteiger partial charge >= 0.3 is 0 Å². The lowest BCUT2D eigenvalue weighted by molar-refractivity contribution is -0.125. The van der Waals surface area contributed by atoms with Crippen LogP contribution in [0.5, 0.6) is 0 Å². The van der Waals surface area contributed by atoms with E-state index in [9.17, 15) is 4.79 Å².